The van der Waals surface area contributed by atoms with Gasteiger partial charge in [0, 0.05) is 43.2 Å². The molecular formula is C22H27N3O5S2. The first-order valence-electron chi connectivity index (χ1n) is 10.7. The number of sulfonamides is 1. The van der Waals surface area contributed by atoms with E-state index < -0.39 is 10.0 Å². The van der Waals surface area contributed by atoms with Crippen LogP contribution in [0.1, 0.15) is 28.1 Å². The van der Waals surface area contributed by atoms with Crippen molar-refractivity contribution < 1.29 is 22.7 Å². The molecule has 0 radical (unpaired) electrons. The number of carbonyl (C=O) groups excluding carboxylic acids is 2. The van der Waals surface area contributed by atoms with E-state index >= 15 is 0 Å². The summed E-state index contributed by atoms with van der Waals surface area (Å²) < 4.78 is 32.9. The van der Waals surface area contributed by atoms with E-state index in [0.717, 1.165) is 17.7 Å². The number of ether oxygens (including phenoxy) is 1. The van der Waals surface area contributed by atoms with Crippen molar-refractivity contribution in [3.8, 4) is 0 Å². The summed E-state index contributed by atoms with van der Waals surface area (Å²) in [5.74, 6) is -0.295. The fourth-order valence-corrected chi connectivity index (χ4v) is 5.77. The Bertz CT molecular complexity index is 1030. The molecule has 10 heteroatoms. The second-order valence-electron chi connectivity index (χ2n) is 7.96. The van der Waals surface area contributed by atoms with Crippen molar-refractivity contribution in [2.24, 2.45) is 5.92 Å². The van der Waals surface area contributed by atoms with Gasteiger partial charge < -0.3 is 14.5 Å². The van der Waals surface area contributed by atoms with E-state index in [1.165, 1.54) is 35.6 Å². The SMILES string of the molecule is O=C(c1ccc(S(=O)(=O)NCc2cccs2)cc1)N1CCCC(C(=O)N2CCOCC2)C1. The molecule has 0 bridgehead atoms. The molecule has 0 saturated carbocycles. The van der Waals surface area contributed by atoms with Crippen LogP contribution in [0.25, 0.3) is 0 Å². The maximum absolute atomic E-state index is 13.0. The number of nitrogens with zero attached hydrogens (tertiary/aromatic N) is 2. The van der Waals surface area contributed by atoms with Crippen LogP contribution in [0.2, 0.25) is 0 Å². The highest BCUT2D eigenvalue weighted by atomic mass is 32.2. The predicted molar refractivity (Wildman–Crippen MR) is 121 cm³/mol. The van der Waals surface area contributed by atoms with Gasteiger partial charge in [0.2, 0.25) is 15.9 Å². The summed E-state index contributed by atoms with van der Waals surface area (Å²) in [6.45, 7) is 3.51. The molecule has 4 rings (SSSR count). The molecule has 2 aromatic rings. The third-order valence-corrected chi connectivity index (χ3v) is 8.10. The highest BCUT2D eigenvalue weighted by Crippen LogP contribution is 2.22. The molecule has 0 spiro atoms. The quantitative estimate of drug-likeness (QED) is 0.686. The van der Waals surface area contributed by atoms with Crippen molar-refractivity contribution in [3.05, 3.63) is 52.2 Å². The van der Waals surface area contributed by atoms with Crippen LogP contribution < -0.4 is 4.72 Å². The third kappa shape index (κ3) is 5.37. The summed E-state index contributed by atoms with van der Waals surface area (Å²) in [4.78, 5) is 30.4. The van der Waals surface area contributed by atoms with Crippen molar-refractivity contribution >= 4 is 33.2 Å². The molecule has 8 nitrogen and oxygen atoms in total. The lowest BCUT2D eigenvalue weighted by molar-refractivity contribution is -0.141. The fourth-order valence-electron chi connectivity index (χ4n) is 4.03. The van der Waals surface area contributed by atoms with Gasteiger partial charge in [-0.15, -0.1) is 11.3 Å². The van der Waals surface area contributed by atoms with Crippen molar-refractivity contribution in [1.29, 1.82) is 0 Å². The van der Waals surface area contributed by atoms with E-state index in [4.69, 9.17) is 4.74 Å². The zero-order chi connectivity index (χ0) is 22.6. The topological polar surface area (TPSA) is 96.0 Å². The number of likely N-dealkylation sites (tertiary alicyclic amines) is 1. The molecule has 1 aromatic heterocycles. The molecule has 1 aromatic carbocycles. The Morgan fingerprint density at radius 1 is 1.06 bits per heavy atom. The van der Waals surface area contributed by atoms with Crippen LogP contribution in [0, 0.1) is 5.92 Å². The number of piperidine rings is 1. The van der Waals surface area contributed by atoms with Crippen molar-refractivity contribution in [3.63, 3.8) is 0 Å². The average molecular weight is 478 g/mol. The maximum atomic E-state index is 13.0. The second-order valence-corrected chi connectivity index (χ2v) is 10.8. The highest BCUT2D eigenvalue weighted by molar-refractivity contribution is 7.89. The Labute approximate surface area is 192 Å². The van der Waals surface area contributed by atoms with Crippen LogP contribution in [0.15, 0.2) is 46.7 Å². The Morgan fingerprint density at radius 2 is 1.81 bits per heavy atom. The fraction of sp³-hybridized carbons (Fsp3) is 0.455. The van der Waals surface area contributed by atoms with Crippen LogP contribution >= 0.6 is 11.3 Å². The van der Waals surface area contributed by atoms with E-state index in [1.54, 1.807) is 4.90 Å². The number of hydrogen-bond donors (Lipinski definition) is 1. The average Bonchev–Trinajstić information content (AvgIpc) is 3.36. The lowest BCUT2D eigenvalue weighted by Crippen LogP contribution is -2.49. The van der Waals surface area contributed by atoms with Crippen molar-refractivity contribution in [2.45, 2.75) is 24.3 Å². The van der Waals surface area contributed by atoms with Gasteiger partial charge >= 0.3 is 0 Å². The predicted octanol–water partition coefficient (Wildman–Crippen LogP) is 1.94. The monoisotopic (exact) mass is 477 g/mol. The van der Waals surface area contributed by atoms with E-state index in [1.807, 2.05) is 22.4 Å². The smallest absolute Gasteiger partial charge is 0.253 e. The number of amides is 2. The minimum Gasteiger partial charge on any atom is -0.378 e. The standard InChI is InChI=1S/C22H27N3O5S2/c26-21(25-9-1-3-18(16-25)22(27)24-10-12-30-13-11-24)17-5-7-20(8-6-17)32(28,29)23-15-19-4-2-14-31-19/h2,4-8,14,18,23H,1,3,9-13,15-16H2. The third-order valence-electron chi connectivity index (χ3n) is 5.81. The molecule has 2 amide bonds. The van der Waals surface area contributed by atoms with Gasteiger partial charge in [0.25, 0.3) is 5.91 Å². The minimum absolute atomic E-state index is 0.0871. The van der Waals surface area contributed by atoms with Gasteiger partial charge in [-0.05, 0) is 48.6 Å². The number of benzene rings is 1. The largest absolute Gasteiger partial charge is 0.378 e. The molecule has 1 N–H and O–H groups in total. The zero-order valence-electron chi connectivity index (χ0n) is 17.7. The van der Waals surface area contributed by atoms with Crippen LogP contribution in [0.5, 0.6) is 0 Å². The van der Waals surface area contributed by atoms with Gasteiger partial charge in [-0.25, -0.2) is 13.1 Å². The molecule has 2 fully saturated rings. The van der Waals surface area contributed by atoms with Crippen molar-refractivity contribution in [1.82, 2.24) is 14.5 Å². The zero-order valence-corrected chi connectivity index (χ0v) is 19.4. The van der Waals surface area contributed by atoms with Crippen molar-refractivity contribution in [2.75, 3.05) is 39.4 Å². The highest BCUT2D eigenvalue weighted by Gasteiger charge is 2.32. The van der Waals surface area contributed by atoms with Gasteiger partial charge in [-0.1, -0.05) is 6.07 Å². The summed E-state index contributed by atoms with van der Waals surface area (Å²) in [6.07, 6.45) is 1.54. The van der Waals surface area contributed by atoms with Crippen LogP contribution in [0.3, 0.4) is 0 Å². The van der Waals surface area contributed by atoms with Gasteiger partial charge in [0.05, 0.1) is 24.0 Å². The summed E-state index contributed by atoms with van der Waals surface area (Å²) in [6, 6.07) is 9.71. The summed E-state index contributed by atoms with van der Waals surface area (Å²) in [5.41, 5.74) is 0.418. The first-order chi connectivity index (χ1) is 15.4. The molecule has 2 aliphatic heterocycles. The number of nitrogens with one attached hydrogen (secondary N) is 1. The number of thiophene rings is 1. The summed E-state index contributed by atoms with van der Waals surface area (Å²) in [7, 11) is -3.66. The lowest BCUT2D eigenvalue weighted by Gasteiger charge is -2.36. The molecule has 3 heterocycles. The van der Waals surface area contributed by atoms with Gasteiger partial charge in [-0.3, -0.25) is 9.59 Å². The number of morpholine rings is 1. The van der Waals surface area contributed by atoms with E-state index in [9.17, 15) is 18.0 Å². The van der Waals surface area contributed by atoms with Gasteiger partial charge in [0.1, 0.15) is 0 Å². The Hall–Kier alpha value is -2.27. The molecule has 1 unspecified atom stereocenters. The number of carbonyl (C=O) groups is 2. The molecule has 2 aliphatic rings. The van der Waals surface area contributed by atoms with Crippen LogP contribution in [0.4, 0.5) is 0 Å². The normalized spacial score (nSPS) is 19.7. The van der Waals surface area contributed by atoms with E-state index in [-0.39, 0.29) is 29.2 Å². The van der Waals surface area contributed by atoms with Crippen LogP contribution in [-0.2, 0) is 26.1 Å². The molecule has 0 aliphatic carbocycles. The van der Waals surface area contributed by atoms with Gasteiger partial charge in [-0.2, -0.15) is 0 Å². The van der Waals surface area contributed by atoms with Gasteiger partial charge in [0.15, 0.2) is 0 Å². The molecule has 1 atom stereocenters. The molecule has 172 valence electrons. The van der Waals surface area contributed by atoms with E-state index in [2.05, 4.69) is 4.72 Å². The Morgan fingerprint density at radius 3 is 2.50 bits per heavy atom. The van der Waals surface area contributed by atoms with E-state index in [0.29, 0.717) is 45.0 Å². The lowest BCUT2D eigenvalue weighted by atomic mass is 9.95. The first-order valence-corrected chi connectivity index (χ1v) is 13.1. The minimum atomic E-state index is -3.66. The molecular weight excluding hydrogens is 450 g/mol. The second kappa shape index (κ2) is 10.1. The summed E-state index contributed by atoms with van der Waals surface area (Å²) in [5, 5.41) is 1.89. The molecule has 32 heavy (non-hydrogen) atoms. The first kappa shape index (κ1) is 22.9. The summed E-state index contributed by atoms with van der Waals surface area (Å²) >= 11 is 1.48. The molecule has 2 saturated heterocycles. The number of hydrogen-bond acceptors (Lipinski definition) is 6. The Kier molecular flexibility index (Phi) is 7.24. The Balaban J connectivity index is 1.38. The number of rotatable bonds is 6. The van der Waals surface area contributed by atoms with Crippen LogP contribution in [-0.4, -0.2) is 69.4 Å². The maximum Gasteiger partial charge on any atom is 0.253 e.